The Morgan fingerprint density at radius 1 is 1.14 bits per heavy atom. The molecule has 7 nitrogen and oxygen atoms in total. The fourth-order valence-corrected chi connectivity index (χ4v) is 3.24. The van der Waals surface area contributed by atoms with E-state index in [4.69, 9.17) is 4.74 Å². The van der Waals surface area contributed by atoms with Crippen LogP contribution in [0.5, 0.6) is 0 Å². The highest BCUT2D eigenvalue weighted by atomic mass is 79.9. The molecule has 2 heterocycles. The summed E-state index contributed by atoms with van der Waals surface area (Å²) in [7, 11) is 1.38. The number of nitrogens with one attached hydrogen (secondary N) is 1. The Labute approximate surface area is 177 Å². The average molecular weight is 457 g/mol. The van der Waals surface area contributed by atoms with Crippen LogP contribution >= 0.6 is 15.9 Å². The van der Waals surface area contributed by atoms with Gasteiger partial charge < -0.3 is 10.1 Å². The fraction of sp³-hybridized carbons (Fsp3) is 0.238. The number of nitrogens with zero attached hydrogens (tertiary/aromatic N) is 3. The number of methoxy groups -OCH3 is 1. The van der Waals surface area contributed by atoms with Crippen molar-refractivity contribution in [1.29, 1.82) is 0 Å². The molecule has 3 rings (SSSR count). The van der Waals surface area contributed by atoms with Gasteiger partial charge in [-0.25, -0.2) is 9.67 Å². The van der Waals surface area contributed by atoms with E-state index >= 15 is 0 Å². The first-order chi connectivity index (χ1) is 13.9. The van der Waals surface area contributed by atoms with E-state index in [2.05, 4.69) is 31.3 Å². The first kappa shape index (κ1) is 20.7. The number of carbonyl (C=O) groups is 2. The van der Waals surface area contributed by atoms with Crippen molar-refractivity contribution in [3.63, 3.8) is 0 Å². The number of pyridine rings is 1. The number of benzene rings is 1. The molecule has 0 fully saturated rings. The van der Waals surface area contributed by atoms with Crippen LogP contribution < -0.4 is 5.32 Å². The van der Waals surface area contributed by atoms with Gasteiger partial charge in [0.1, 0.15) is 5.82 Å². The molecule has 0 aliphatic carbocycles. The largest absolute Gasteiger partial charge is 0.469 e. The lowest BCUT2D eigenvalue weighted by Crippen LogP contribution is -2.13. The first-order valence-electron chi connectivity index (χ1n) is 9.04. The lowest BCUT2D eigenvalue weighted by atomic mass is 10.1. The third-order valence-electron chi connectivity index (χ3n) is 4.59. The molecule has 29 heavy (non-hydrogen) atoms. The van der Waals surface area contributed by atoms with Crippen molar-refractivity contribution < 1.29 is 14.3 Å². The van der Waals surface area contributed by atoms with Crippen LogP contribution in [-0.2, 0) is 16.0 Å². The third kappa shape index (κ3) is 4.89. The summed E-state index contributed by atoms with van der Waals surface area (Å²) in [4.78, 5) is 28.0. The van der Waals surface area contributed by atoms with Crippen molar-refractivity contribution in [1.82, 2.24) is 14.8 Å². The number of rotatable bonds is 6. The molecule has 0 bridgehead atoms. The second-order valence-corrected chi connectivity index (χ2v) is 7.42. The van der Waals surface area contributed by atoms with Gasteiger partial charge in [-0.2, -0.15) is 5.10 Å². The van der Waals surface area contributed by atoms with Crippen LogP contribution in [0.3, 0.4) is 0 Å². The molecular formula is C21H21BrN4O3. The summed E-state index contributed by atoms with van der Waals surface area (Å²) in [6, 6.07) is 10.7. The number of esters is 1. The van der Waals surface area contributed by atoms with Gasteiger partial charge in [0, 0.05) is 28.3 Å². The number of hydrogen-bond acceptors (Lipinski definition) is 5. The maximum Gasteiger partial charge on any atom is 0.305 e. The Balaban J connectivity index is 1.75. The summed E-state index contributed by atoms with van der Waals surface area (Å²) in [5.41, 5.74) is 4.22. The Morgan fingerprint density at radius 2 is 1.86 bits per heavy atom. The van der Waals surface area contributed by atoms with E-state index in [9.17, 15) is 9.59 Å². The third-order valence-corrected chi connectivity index (χ3v) is 5.06. The molecule has 1 amide bonds. The second kappa shape index (κ2) is 9.00. The van der Waals surface area contributed by atoms with E-state index < -0.39 is 0 Å². The molecule has 0 unspecified atom stereocenters. The van der Waals surface area contributed by atoms with E-state index in [1.165, 1.54) is 7.11 Å². The minimum absolute atomic E-state index is 0.237. The maximum absolute atomic E-state index is 12.4. The molecule has 0 spiro atoms. The molecule has 0 aliphatic rings. The SMILES string of the molecule is COC(=O)CCc1c(C)nn(-c2ccc(C(=O)Nc3ccc(Br)cn3)cc2)c1C. The number of aryl methyl sites for hydroxylation is 1. The first-order valence-corrected chi connectivity index (χ1v) is 9.83. The minimum atomic E-state index is -0.243. The molecule has 0 atom stereocenters. The smallest absolute Gasteiger partial charge is 0.305 e. The summed E-state index contributed by atoms with van der Waals surface area (Å²) in [6.07, 6.45) is 2.51. The van der Waals surface area contributed by atoms with E-state index in [-0.39, 0.29) is 11.9 Å². The maximum atomic E-state index is 12.4. The molecule has 0 saturated carbocycles. The van der Waals surface area contributed by atoms with Gasteiger partial charge >= 0.3 is 5.97 Å². The van der Waals surface area contributed by atoms with Crippen molar-refractivity contribution in [3.8, 4) is 5.69 Å². The summed E-state index contributed by atoms with van der Waals surface area (Å²) in [6.45, 7) is 3.88. The van der Waals surface area contributed by atoms with Gasteiger partial charge in [-0.1, -0.05) is 0 Å². The number of ether oxygens (including phenoxy) is 1. The minimum Gasteiger partial charge on any atom is -0.469 e. The van der Waals surface area contributed by atoms with Crippen LogP contribution in [0, 0.1) is 13.8 Å². The zero-order chi connectivity index (χ0) is 21.0. The molecule has 150 valence electrons. The normalized spacial score (nSPS) is 10.6. The predicted octanol–water partition coefficient (Wildman–Crippen LogP) is 4.00. The highest BCUT2D eigenvalue weighted by Crippen LogP contribution is 2.20. The molecule has 0 saturated heterocycles. The Kier molecular flexibility index (Phi) is 6.43. The molecule has 2 aromatic heterocycles. The summed E-state index contributed by atoms with van der Waals surface area (Å²) < 4.78 is 7.38. The molecule has 8 heteroatoms. The zero-order valence-corrected chi connectivity index (χ0v) is 18.0. The van der Waals surface area contributed by atoms with Crippen LogP contribution in [0.4, 0.5) is 5.82 Å². The standard InChI is InChI=1S/C21H21BrN4O3/c1-13-18(9-11-20(27)29-3)14(2)26(25-13)17-7-4-15(5-8-17)21(28)24-19-10-6-16(22)12-23-19/h4-8,10,12H,9,11H2,1-3H3,(H,23,24,28). The zero-order valence-electron chi connectivity index (χ0n) is 16.4. The van der Waals surface area contributed by atoms with E-state index in [0.717, 1.165) is 27.1 Å². The van der Waals surface area contributed by atoms with Gasteiger partial charge in [0.05, 0.1) is 18.5 Å². The summed E-state index contributed by atoms with van der Waals surface area (Å²) >= 11 is 3.31. The van der Waals surface area contributed by atoms with Crippen molar-refractivity contribution in [2.75, 3.05) is 12.4 Å². The highest BCUT2D eigenvalue weighted by molar-refractivity contribution is 9.10. The molecular weight excluding hydrogens is 436 g/mol. The number of carbonyl (C=O) groups excluding carboxylic acids is 2. The number of halogens is 1. The Hall–Kier alpha value is -3.00. The second-order valence-electron chi connectivity index (χ2n) is 6.50. The van der Waals surface area contributed by atoms with Crippen LogP contribution in [-0.4, -0.2) is 33.8 Å². The van der Waals surface area contributed by atoms with Gasteiger partial charge in [-0.15, -0.1) is 0 Å². The molecule has 0 aliphatic heterocycles. The quantitative estimate of drug-likeness (QED) is 0.566. The van der Waals surface area contributed by atoms with Crippen LogP contribution in [0.15, 0.2) is 47.1 Å². The Bertz CT molecular complexity index is 1030. The van der Waals surface area contributed by atoms with E-state index in [1.54, 1.807) is 24.4 Å². The van der Waals surface area contributed by atoms with Crippen molar-refractivity contribution >= 4 is 33.6 Å². The van der Waals surface area contributed by atoms with Crippen LogP contribution in [0.1, 0.15) is 33.7 Å². The molecule has 1 aromatic carbocycles. The van der Waals surface area contributed by atoms with Gasteiger partial charge in [0.15, 0.2) is 0 Å². The molecule has 3 aromatic rings. The van der Waals surface area contributed by atoms with E-state index in [0.29, 0.717) is 24.2 Å². The number of aromatic nitrogens is 3. The average Bonchev–Trinajstić information content (AvgIpc) is 3.01. The Morgan fingerprint density at radius 3 is 2.48 bits per heavy atom. The van der Waals surface area contributed by atoms with Gasteiger partial charge in [-0.3, -0.25) is 9.59 Å². The van der Waals surface area contributed by atoms with Crippen molar-refractivity contribution in [2.45, 2.75) is 26.7 Å². The predicted molar refractivity (Wildman–Crippen MR) is 113 cm³/mol. The molecule has 1 N–H and O–H groups in total. The lowest BCUT2D eigenvalue weighted by molar-refractivity contribution is -0.140. The van der Waals surface area contributed by atoms with Crippen molar-refractivity contribution in [2.24, 2.45) is 0 Å². The molecule has 0 radical (unpaired) electrons. The lowest BCUT2D eigenvalue weighted by Gasteiger charge is -2.08. The topological polar surface area (TPSA) is 86.1 Å². The summed E-state index contributed by atoms with van der Waals surface area (Å²) in [5, 5.41) is 7.35. The monoisotopic (exact) mass is 456 g/mol. The number of anilines is 1. The highest BCUT2D eigenvalue weighted by Gasteiger charge is 2.15. The van der Waals surface area contributed by atoms with Crippen LogP contribution in [0.2, 0.25) is 0 Å². The fourth-order valence-electron chi connectivity index (χ4n) is 3.01. The van der Waals surface area contributed by atoms with Gasteiger partial charge in [0.2, 0.25) is 0 Å². The van der Waals surface area contributed by atoms with Crippen LogP contribution in [0.25, 0.3) is 5.69 Å². The van der Waals surface area contributed by atoms with E-state index in [1.807, 2.05) is 36.7 Å². The number of amides is 1. The van der Waals surface area contributed by atoms with Gasteiger partial charge in [0.25, 0.3) is 5.91 Å². The number of hydrogen-bond donors (Lipinski definition) is 1. The summed E-state index contributed by atoms with van der Waals surface area (Å²) in [5.74, 6) is 0.00163. The van der Waals surface area contributed by atoms with Crippen molar-refractivity contribution in [3.05, 3.63) is 69.6 Å². The van der Waals surface area contributed by atoms with Gasteiger partial charge in [-0.05, 0) is 78.2 Å².